The third-order valence-electron chi connectivity index (χ3n) is 3.17. The van der Waals surface area contributed by atoms with Gasteiger partial charge in [0.1, 0.15) is 5.02 Å². The summed E-state index contributed by atoms with van der Waals surface area (Å²) in [6.07, 6.45) is 1.93. The second-order valence-electron chi connectivity index (χ2n) is 4.65. The van der Waals surface area contributed by atoms with Gasteiger partial charge in [0.25, 0.3) is 11.6 Å². The first-order chi connectivity index (χ1) is 9.54. The van der Waals surface area contributed by atoms with Crippen molar-refractivity contribution >= 4 is 23.2 Å². The zero-order valence-corrected chi connectivity index (χ0v) is 11.8. The summed E-state index contributed by atoms with van der Waals surface area (Å²) in [5.74, 6) is -0.218. The highest BCUT2D eigenvalue weighted by Crippen LogP contribution is 2.30. The number of hydrogen-bond donors (Lipinski definition) is 0. The van der Waals surface area contributed by atoms with Crippen molar-refractivity contribution in [3.05, 3.63) is 38.9 Å². The molecular weight excluding hydrogens is 284 g/mol. The lowest BCUT2D eigenvalue weighted by Crippen LogP contribution is -2.35. The number of nitro benzene ring substituents is 1. The largest absolute Gasteiger partial charge is 0.383 e. The highest BCUT2D eigenvalue weighted by molar-refractivity contribution is 6.32. The van der Waals surface area contributed by atoms with Crippen LogP contribution in [0.4, 0.5) is 5.69 Å². The number of carbonyl (C=O) groups excluding carboxylic acids is 1. The molecule has 6 nitrogen and oxygen atoms in total. The fraction of sp³-hybridized carbons (Fsp3) is 0.462. The maximum Gasteiger partial charge on any atom is 0.288 e. The molecule has 1 saturated carbocycles. The lowest BCUT2D eigenvalue weighted by Gasteiger charge is -2.22. The van der Waals surface area contributed by atoms with Crippen LogP contribution in [0.25, 0.3) is 0 Å². The number of methoxy groups -OCH3 is 1. The van der Waals surface area contributed by atoms with Crippen molar-refractivity contribution in [3.63, 3.8) is 0 Å². The fourth-order valence-corrected chi connectivity index (χ4v) is 2.16. The van der Waals surface area contributed by atoms with Crippen LogP contribution in [0.15, 0.2) is 18.2 Å². The Labute approximate surface area is 121 Å². The lowest BCUT2D eigenvalue weighted by molar-refractivity contribution is -0.384. The zero-order chi connectivity index (χ0) is 14.7. The Bertz CT molecular complexity index is 531. The normalized spacial score (nSPS) is 14.1. The molecule has 0 aromatic heterocycles. The predicted molar refractivity (Wildman–Crippen MR) is 74.0 cm³/mol. The topological polar surface area (TPSA) is 72.7 Å². The predicted octanol–water partition coefficient (Wildman–Crippen LogP) is 2.50. The van der Waals surface area contributed by atoms with Crippen LogP contribution in [0.2, 0.25) is 5.02 Å². The standard InChI is InChI=1S/C13H15ClN2O4/c1-20-7-6-15(10-3-4-10)13(17)9-2-5-11(14)12(8-9)16(18)19/h2,5,8,10H,3-4,6-7H2,1H3. The molecule has 0 spiro atoms. The number of nitrogens with zero attached hydrogens (tertiary/aromatic N) is 2. The van der Waals surface area contributed by atoms with E-state index in [1.807, 2.05) is 0 Å². The molecule has 1 aliphatic carbocycles. The minimum atomic E-state index is -0.588. The van der Waals surface area contributed by atoms with Crippen LogP contribution in [-0.4, -0.2) is 42.0 Å². The van der Waals surface area contributed by atoms with Crippen molar-refractivity contribution in [2.45, 2.75) is 18.9 Å². The summed E-state index contributed by atoms with van der Waals surface area (Å²) >= 11 is 5.75. The smallest absolute Gasteiger partial charge is 0.288 e. The van der Waals surface area contributed by atoms with Crippen LogP contribution >= 0.6 is 11.6 Å². The summed E-state index contributed by atoms with van der Waals surface area (Å²) in [7, 11) is 1.57. The van der Waals surface area contributed by atoms with Crippen LogP contribution in [0, 0.1) is 10.1 Å². The summed E-state index contributed by atoms with van der Waals surface area (Å²) in [5.41, 5.74) is 0.0316. The van der Waals surface area contributed by atoms with Crippen LogP contribution in [0.3, 0.4) is 0 Å². The van der Waals surface area contributed by atoms with Gasteiger partial charge in [0.05, 0.1) is 11.5 Å². The summed E-state index contributed by atoms with van der Waals surface area (Å²) in [6.45, 7) is 0.925. The quantitative estimate of drug-likeness (QED) is 0.597. The van der Waals surface area contributed by atoms with Crippen LogP contribution in [-0.2, 0) is 4.74 Å². The van der Waals surface area contributed by atoms with Gasteiger partial charge < -0.3 is 9.64 Å². The molecule has 1 amide bonds. The number of carbonyl (C=O) groups is 1. The number of amides is 1. The van der Waals surface area contributed by atoms with Gasteiger partial charge in [-0.2, -0.15) is 0 Å². The SMILES string of the molecule is COCCN(C(=O)c1ccc(Cl)c([N+](=O)[O-])c1)C1CC1. The minimum absolute atomic E-state index is 0.0291. The van der Waals surface area contributed by atoms with Crippen molar-refractivity contribution in [1.29, 1.82) is 0 Å². The molecule has 1 aromatic carbocycles. The van der Waals surface area contributed by atoms with Crippen LogP contribution in [0.1, 0.15) is 23.2 Å². The van der Waals surface area contributed by atoms with Crippen molar-refractivity contribution in [3.8, 4) is 0 Å². The molecule has 0 bridgehead atoms. The average molecular weight is 299 g/mol. The number of ether oxygens (including phenoxy) is 1. The minimum Gasteiger partial charge on any atom is -0.383 e. The number of rotatable bonds is 6. The van der Waals surface area contributed by atoms with Gasteiger partial charge >= 0.3 is 0 Å². The third-order valence-corrected chi connectivity index (χ3v) is 3.49. The van der Waals surface area contributed by atoms with Crippen molar-refractivity contribution in [2.24, 2.45) is 0 Å². The van der Waals surface area contributed by atoms with E-state index in [0.717, 1.165) is 12.8 Å². The van der Waals surface area contributed by atoms with Gasteiger partial charge in [0.2, 0.25) is 0 Å². The van der Waals surface area contributed by atoms with Gasteiger partial charge in [-0.1, -0.05) is 11.6 Å². The van der Waals surface area contributed by atoms with Gasteiger partial charge in [-0.15, -0.1) is 0 Å². The van der Waals surface area contributed by atoms with E-state index in [1.54, 1.807) is 12.0 Å². The molecule has 7 heteroatoms. The Hall–Kier alpha value is -1.66. The molecule has 1 fully saturated rings. The second-order valence-corrected chi connectivity index (χ2v) is 5.05. The second kappa shape index (κ2) is 6.19. The molecule has 0 N–H and O–H groups in total. The van der Waals surface area contributed by atoms with Gasteiger partial charge in [0.15, 0.2) is 0 Å². The number of halogens is 1. The first kappa shape index (κ1) is 14.7. The Morgan fingerprint density at radius 2 is 2.25 bits per heavy atom. The van der Waals surface area contributed by atoms with Gasteiger partial charge in [0, 0.05) is 31.3 Å². The maximum atomic E-state index is 12.4. The van der Waals surface area contributed by atoms with Gasteiger partial charge in [-0.25, -0.2) is 0 Å². The van der Waals surface area contributed by atoms with E-state index in [9.17, 15) is 14.9 Å². The highest BCUT2D eigenvalue weighted by Gasteiger charge is 2.33. The molecule has 108 valence electrons. The number of hydrogen-bond acceptors (Lipinski definition) is 4. The molecule has 0 saturated heterocycles. The number of nitro groups is 1. The molecule has 1 aromatic rings. The first-order valence-electron chi connectivity index (χ1n) is 6.28. The molecule has 0 heterocycles. The Morgan fingerprint density at radius 3 is 2.80 bits per heavy atom. The summed E-state index contributed by atoms with van der Waals surface area (Å²) in [5, 5.41) is 10.9. The number of benzene rings is 1. The monoisotopic (exact) mass is 298 g/mol. The summed E-state index contributed by atoms with van der Waals surface area (Å²) < 4.78 is 4.99. The molecule has 0 unspecified atom stereocenters. The lowest BCUT2D eigenvalue weighted by atomic mass is 10.1. The Balaban J connectivity index is 2.22. The van der Waals surface area contributed by atoms with E-state index in [1.165, 1.54) is 18.2 Å². The molecular formula is C13H15ClN2O4. The van der Waals surface area contributed by atoms with E-state index in [4.69, 9.17) is 16.3 Å². The van der Waals surface area contributed by atoms with Gasteiger partial charge in [-0.3, -0.25) is 14.9 Å². The third kappa shape index (κ3) is 3.26. The molecule has 0 radical (unpaired) electrons. The first-order valence-corrected chi connectivity index (χ1v) is 6.66. The fourth-order valence-electron chi connectivity index (χ4n) is 1.98. The van der Waals surface area contributed by atoms with E-state index >= 15 is 0 Å². The maximum absolute atomic E-state index is 12.4. The molecule has 0 aliphatic heterocycles. The molecule has 20 heavy (non-hydrogen) atoms. The van der Waals surface area contributed by atoms with Gasteiger partial charge in [-0.05, 0) is 25.0 Å². The Morgan fingerprint density at radius 1 is 1.55 bits per heavy atom. The van der Waals surface area contributed by atoms with E-state index in [0.29, 0.717) is 13.2 Å². The molecule has 2 rings (SSSR count). The molecule has 0 atom stereocenters. The van der Waals surface area contributed by atoms with E-state index in [2.05, 4.69) is 0 Å². The summed E-state index contributed by atoms with van der Waals surface area (Å²) in [4.78, 5) is 24.4. The highest BCUT2D eigenvalue weighted by atomic mass is 35.5. The van der Waals surface area contributed by atoms with Crippen molar-refractivity contribution < 1.29 is 14.5 Å². The Kier molecular flexibility index (Phi) is 4.57. The summed E-state index contributed by atoms with van der Waals surface area (Å²) in [6, 6.07) is 4.34. The van der Waals surface area contributed by atoms with Crippen molar-refractivity contribution in [1.82, 2.24) is 4.90 Å². The van der Waals surface area contributed by atoms with Crippen LogP contribution in [0.5, 0.6) is 0 Å². The zero-order valence-electron chi connectivity index (χ0n) is 11.0. The van der Waals surface area contributed by atoms with Crippen molar-refractivity contribution in [2.75, 3.05) is 20.3 Å². The van der Waals surface area contributed by atoms with Crippen LogP contribution < -0.4 is 0 Å². The van der Waals surface area contributed by atoms with E-state index in [-0.39, 0.29) is 28.2 Å². The molecule has 1 aliphatic rings. The van der Waals surface area contributed by atoms with E-state index < -0.39 is 4.92 Å². The average Bonchev–Trinajstić information content (AvgIpc) is 3.23.